The van der Waals surface area contributed by atoms with Gasteiger partial charge in [-0.25, -0.2) is 9.97 Å². The van der Waals surface area contributed by atoms with Gasteiger partial charge in [-0.3, -0.25) is 4.79 Å². The normalized spacial score (nSPS) is 12.9. The number of fused-ring (bicyclic) bond motifs is 1. The molecule has 0 saturated carbocycles. The van der Waals surface area contributed by atoms with Gasteiger partial charge in [-0.15, -0.1) is 0 Å². The summed E-state index contributed by atoms with van der Waals surface area (Å²) in [6.07, 6.45) is 0.682. The molecule has 1 amide bonds. The number of phenols is 2. The van der Waals surface area contributed by atoms with E-state index < -0.39 is 0 Å². The highest BCUT2D eigenvalue weighted by molar-refractivity contribution is 7.07. The van der Waals surface area contributed by atoms with Gasteiger partial charge in [0.1, 0.15) is 11.5 Å². The largest absolute Gasteiger partial charge is 0.508 e. The monoisotopic (exact) mass is 493 g/mol. The molecular weight excluding hydrogens is 474 g/mol. The first kappa shape index (κ1) is 22.3. The van der Waals surface area contributed by atoms with Crippen molar-refractivity contribution in [1.82, 2.24) is 9.97 Å². The lowest BCUT2D eigenvalue weighted by atomic mass is 10.0. The Hall–Kier alpha value is -3.46. The zero-order chi connectivity index (χ0) is 23.7. The van der Waals surface area contributed by atoms with Crippen LogP contribution in [0.1, 0.15) is 27.2 Å². The molecule has 172 valence electrons. The lowest BCUT2D eigenvalue weighted by Gasteiger charge is -2.24. The Labute approximate surface area is 204 Å². The van der Waals surface area contributed by atoms with Crippen LogP contribution in [0.5, 0.6) is 11.5 Å². The van der Waals surface area contributed by atoms with Crippen LogP contribution in [-0.2, 0) is 24.3 Å². The maximum atomic E-state index is 13.4. The highest BCUT2D eigenvalue weighted by Crippen LogP contribution is 2.32. The SMILES string of the molecule is O=C(c1ccc(O)cc1O)N(Cc1ccsc1)c1ccc(-c2nc(Cl)nc3c2COCC3)cc1. The smallest absolute Gasteiger partial charge is 0.262 e. The Kier molecular flexibility index (Phi) is 6.19. The number of carbonyl (C=O) groups is 1. The number of rotatable bonds is 5. The van der Waals surface area contributed by atoms with Crippen molar-refractivity contribution >= 4 is 34.5 Å². The van der Waals surface area contributed by atoms with Gasteiger partial charge >= 0.3 is 0 Å². The lowest BCUT2D eigenvalue weighted by molar-refractivity contribution is 0.0982. The van der Waals surface area contributed by atoms with Crippen molar-refractivity contribution in [3.05, 3.63) is 87.0 Å². The Balaban J connectivity index is 1.52. The van der Waals surface area contributed by atoms with Gasteiger partial charge in [-0.2, -0.15) is 11.3 Å². The summed E-state index contributed by atoms with van der Waals surface area (Å²) in [6.45, 7) is 1.35. The van der Waals surface area contributed by atoms with Gasteiger partial charge < -0.3 is 19.8 Å². The van der Waals surface area contributed by atoms with Crippen LogP contribution in [0.25, 0.3) is 11.3 Å². The number of phenolic OH excluding ortho intramolecular Hbond substituents is 2. The van der Waals surface area contributed by atoms with Crippen LogP contribution in [0.3, 0.4) is 0 Å². The molecule has 3 heterocycles. The van der Waals surface area contributed by atoms with E-state index in [9.17, 15) is 15.0 Å². The molecule has 4 aromatic rings. The number of anilines is 1. The molecule has 0 spiro atoms. The fourth-order valence-corrected chi connectivity index (χ4v) is 4.78. The number of benzene rings is 2. The predicted octanol–water partition coefficient (Wildman–Crippen LogP) is 5.19. The third-order valence-corrected chi connectivity index (χ3v) is 6.53. The van der Waals surface area contributed by atoms with Crippen LogP contribution < -0.4 is 4.90 Å². The number of thiophene rings is 1. The summed E-state index contributed by atoms with van der Waals surface area (Å²) in [5.74, 6) is -0.773. The maximum absolute atomic E-state index is 13.4. The van der Waals surface area contributed by atoms with Crippen molar-refractivity contribution in [2.24, 2.45) is 0 Å². The molecule has 2 N–H and O–H groups in total. The van der Waals surface area contributed by atoms with Gasteiger partial charge in [0.15, 0.2) is 0 Å². The fraction of sp³-hybridized carbons (Fsp3) is 0.160. The van der Waals surface area contributed by atoms with E-state index in [0.29, 0.717) is 37.6 Å². The molecule has 0 bridgehead atoms. The number of hydrogen-bond donors (Lipinski definition) is 2. The quantitative estimate of drug-likeness (QED) is 0.371. The number of nitrogens with zero attached hydrogens (tertiary/aromatic N) is 3. The van der Waals surface area contributed by atoms with Crippen LogP contribution in [-0.4, -0.2) is 32.7 Å². The number of aromatic nitrogens is 2. The zero-order valence-electron chi connectivity index (χ0n) is 17.9. The molecule has 0 saturated heterocycles. The van der Waals surface area contributed by atoms with Crippen LogP contribution in [0, 0.1) is 0 Å². The van der Waals surface area contributed by atoms with Crippen LogP contribution in [0.2, 0.25) is 5.28 Å². The van der Waals surface area contributed by atoms with Crippen LogP contribution in [0.4, 0.5) is 5.69 Å². The summed E-state index contributed by atoms with van der Waals surface area (Å²) in [5.41, 5.74) is 5.09. The van der Waals surface area contributed by atoms with Crippen LogP contribution in [0.15, 0.2) is 59.3 Å². The fourth-order valence-electron chi connectivity index (χ4n) is 3.93. The highest BCUT2D eigenvalue weighted by atomic mass is 35.5. The average molecular weight is 494 g/mol. The van der Waals surface area contributed by atoms with Gasteiger partial charge in [0, 0.05) is 29.3 Å². The van der Waals surface area contributed by atoms with Crippen molar-refractivity contribution in [3.8, 4) is 22.8 Å². The number of halogens is 1. The topological polar surface area (TPSA) is 95.8 Å². The van der Waals surface area contributed by atoms with Gasteiger partial charge in [-0.1, -0.05) is 12.1 Å². The molecule has 7 nitrogen and oxygen atoms in total. The number of hydrogen-bond acceptors (Lipinski definition) is 7. The second-order valence-corrected chi connectivity index (χ2v) is 8.96. The molecule has 2 aromatic heterocycles. The van der Waals surface area contributed by atoms with Crippen molar-refractivity contribution in [3.63, 3.8) is 0 Å². The lowest BCUT2D eigenvalue weighted by Crippen LogP contribution is -2.30. The third kappa shape index (κ3) is 4.48. The Morgan fingerprint density at radius 2 is 1.94 bits per heavy atom. The van der Waals surface area contributed by atoms with Crippen LogP contribution >= 0.6 is 22.9 Å². The summed E-state index contributed by atoms with van der Waals surface area (Å²) in [5, 5.41) is 24.0. The first-order valence-electron chi connectivity index (χ1n) is 10.6. The minimum Gasteiger partial charge on any atom is -0.508 e. The minimum atomic E-state index is -0.382. The van der Waals surface area contributed by atoms with E-state index in [1.165, 1.54) is 12.1 Å². The summed E-state index contributed by atoms with van der Waals surface area (Å²) in [6, 6.07) is 13.3. The second kappa shape index (κ2) is 9.42. The van der Waals surface area contributed by atoms with E-state index in [1.54, 1.807) is 16.2 Å². The molecule has 0 aliphatic carbocycles. The van der Waals surface area contributed by atoms with Crippen molar-refractivity contribution < 1.29 is 19.7 Å². The predicted molar refractivity (Wildman–Crippen MR) is 130 cm³/mol. The summed E-state index contributed by atoms with van der Waals surface area (Å²) in [4.78, 5) is 23.8. The molecule has 9 heteroatoms. The van der Waals surface area contributed by atoms with E-state index in [4.69, 9.17) is 16.3 Å². The molecule has 0 fully saturated rings. The van der Waals surface area contributed by atoms with Gasteiger partial charge in [-0.05, 0) is 58.3 Å². The number of aromatic hydroxyl groups is 2. The van der Waals surface area contributed by atoms with E-state index in [2.05, 4.69) is 9.97 Å². The minimum absolute atomic E-state index is 0.103. The summed E-state index contributed by atoms with van der Waals surface area (Å²) in [7, 11) is 0. The van der Waals surface area contributed by atoms with Crippen molar-refractivity contribution in [2.45, 2.75) is 19.6 Å². The molecule has 2 aromatic carbocycles. The van der Waals surface area contributed by atoms with E-state index in [0.717, 1.165) is 28.5 Å². The van der Waals surface area contributed by atoms with E-state index in [-0.39, 0.29) is 28.3 Å². The Morgan fingerprint density at radius 3 is 2.68 bits per heavy atom. The third-order valence-electron chi connectivity index (χ3n) is 5.63. The molecule has 0 atom stereocenters. The van der Waals surface area contributed by atoms with Crippen molar-refractivity contribution in [1.29, 1.82) is 0 Å². The molecule has 1 aliphatic heterocycles. The Morgan fingerprint density at radius 1 is 1.12 bits per heavy atom. The molecule has 0 unspecified atom stereocenters. The van der Waals surface area contributed by atoms with Gasteiger partial charge in [0.2, 0.25) is 5.28 Å². The van der Waals surface area contributed by atoms with Crippen molar-refractivity contribution in [2.75, 3.05) is 11.5 Å². The number of amides is 1. The first-order valence-corrected chi connectivity index (χ1v) is 11.9. The maximum Gasteiger partial charge on any atom is 0.262 e. The number of carbonyl (C=O) groups excluding carboxylic acids is 1. The van der Waals surface area contributed by atoms with Gasteiger partial charge in [0.05, 0.1) is 36.7 Å². The summed E-state index contributed by atoms with van der Waals surface area (Å²) < 4.78 is 5.60. The first-order chi connectivity index (χ1) is 16.5. The highest BCUT2D eigenvalue weighted by Gasteiger charge is 2.23. The van der Waals surface area contributed by atoms with Gasteiger partial charge in [0.25, 0.3) is 5.91 Å². The molecule has 5 rings (SSSR count). The number of ether oxygens (including phenoxy) is 1. The molecule has 34 heavy (non-hydrogen) atoms. The average Bonchev–Trinajstić information content (AvgIpc) is 3.35. The molecular formula is C25H20ClN3O4S. The molecule has 0 radical (unpaired) electrons. The molecule has 1 aliphatic rings. The van der Waals surface area contributed by atoms with E-state index >= 15 is 0 Å². The zero-order valence-corrected chi connectivity index (χ0v) is 19.5. The summed E-state index contributed by atoms with van der Waals surface area (Å²) >= 11 is 7.72. The Bertz CT molecular complexity index is 1340. The second-order valence-electron chi connectivity index (χ2n) is 7.84. The standard InChI is InChI=1S/C25H20ClN3O4S/c26-25-27-21-7-9-33-13-20(21)23(28-25)16-1-3-17(4-2-16)29(12-15-8-10-34-14-15)24(32)19-6-5-18(30)11-22(19)31/h1-6,8,10-11,14,30-31H,7,9,12-13H2. The van der Waals surface area contributed by atoms with E-state index in [1.807, 2.05) is 41.1 Å².